The monoisotopic (exact) mass is 327 g/mol. The molecule has 2 aliphatic rings. The van der Waals surface area contributed by atoms with E-state index in [0.717, 1.165) is 24.9 Å². The highest BCUT2D eigenvalue weighted by molar-refractivity contribution is 5.93. The predicted molar refractivity (Wildman–Crippen MR) is 90.0 cm³/mol. The van der Waals surface area contributed by atoms with Gasteiger partial charge in [0.25, 0.3) is 5.91 Å². The number of halogens is 1. The second kappa shape index (κ2) is 6.38. The normalized spacial score (nSPS) is 23.8. The molecule has 1 aliphatic heterocycles. The Kier molecular flexibility index (Phi) is 4.08. The molecule has 2 fully saturated rings. The highest BCUT2D eigenvalue weighted by Gasteiger charge is 2.36. The van der Waals surface area contributed by atoms with Gasteiger partial charge in [0, 0.05) is 18.2 Å². The minimum absolute atomic E-state index is 0.0486. The zero-order valence-electron chi connectivity index (χ0n) is 13.7. The highest BCUT2D eigenvalue weighted by atomic mass is 19.1. The van der Waals surface area contributed by atoms with E-state index in [2.05, 4.69) is 15.1 Å². The van der Waals surface area contributed by atoms with Crippen LogP contribution in [0, 0.1) is 11.7 Å². The van der Waals surface area contributed by atoms with Crippen LogP contribution in [0.3, 0.4) is 0 Å². The van der Waals surface area contributed by atoms with Gasteiger partial charge in [-0.2, -0.15) is 5.10 Å². The van der Waals surface area contributed by atoms with Crippen molar-refractivity contribution >= 4 is 5.91 Å². The van der Waals surface area contributed by atoms with Crippen molar-refractivity contribution in [3.8, 4) is 11.3 Å². The molecule has 0 bridgehead atoms. The molecule has 1 saturated heterocycles. The van der Waals surface area contributed by atoms with E-state index in [1.165, 1.54) is 37.8 Å². The summed E-state index contributed by atoms with van der Waals surface area (Å²) >= 11 is 0. The summed E-state index contributed by atoms with van der Waals surface area (Å²) in [5, 5.41) is 7.12. The second-order valence-electron chi connectivity index (χ2n) is 6.93. The Morgan fingerprint density at radius 1 is 1.12 bits per heavy atom. The summed E-state index contributed by atoms with van der Waals surface area (Å²) < 4.78 is 13.0. The Hall–Kier alpha value is -2.17. The molecule has 1 aromatic heterocycles. The van der Waals surface area contributed by atoms with Crippen molar-refractivity contribution < 1.29 is 9.18 Å². The maximum atomic E-state index is 13.0. The van der Waals surface area contributed by atoms with Crippen molar-refractivity contribution in [1.82, 2.24) is 15.1 Å². The Balaban J connectivity index is 1.55. The summed E-state index contributed by atoms with van der Waals surface area (Å²) in [6.07, 6.45) is 7.22. The molecular formula is C19H22FN3O. The SMILES string of the molecule is O=C(c1cc(-c2ccc(F)cc2)n[nH]1)N1CCC[C@H]2CCCC[C@H]21. The number of aromatic amines is 1. The number of H-pyrrole nitrogens is 1. The molecule has 1 aliphatic carbocycles. The summed E-state index contributed by atoms with van der Waals surface area (Å²) in [7, 11) is 0. The van der Waals surface area contributed by atoms with Gasteiger partial charge in [-0.25, -0.2) is 4.39 Å². The maximum Gasteiger partial charge on any atom is 0.272 e. The molecule has 1 saturated carbocycles. The molecule has 1 aromatic carbocycles. The van der Waals surface area contributed by atoms with Gasteiger partial charge in [-0.15, -0.1) is 0 Å². The number of hydrogen-bond donors (Lipinski definition) is 1. The first-order valence-electron chi connectivity index (χ1n) is 8.85. The molecule has 5 heteroatoms. The van der Waals surface area contributed by atoms with Gasteiger partial charge in [0.05, 0.1) is 5.69 Å². The van der Waals surface area contributed by atoms with Crippen molar-refractivity contribution in [2.75, 3.05) is 6.54 Å². The van der Waals surface area contributed by atoms with Gasteiger partial charge in [0.15, 0.2) is 0 Å². The van der Waals surface area contributed by atoms with Crippen LogP contribution in [0.4, 0.5) is 4.39 Å². The van der Waals surface area contributed by atoms with Crippen molar-refractivity contribution in [3.05, 3.63) is 41.8 Å². The molecular weight excluding hydrogens is 305 g/mol. The van der Waals surface area contributed by atoms with Gasteiger partial charge in [0.1, 0.15) is 11.5 Å². The van der Waals surface area contributed by atoms with Crippen LogP contribution in [-0.4, -0.2) is 33.6 Å². The summed E-state index contributed by atoms with van der Waals surface area (Å²) in [5.41, 5.74) is 2.01. The third kappa shape index (κ3) is 2.83. The molecule has 2 atom stereocenters. The Morgan fingerprint density at radius 3 is 2.71 bits per heavy atom. The molecule has 24 heavy (non-hydrogen) atoms. The lowest BCUT2D eigenvalue weighted by molar-refractivity contribution is 0.0385. The molecule has 4 nitrogen and oxygen atoms in total. The standard InChI is InChI=1S/C19H22FN3O/c20-15-9-7-13(8-10-15)16-12-17(22-21-16)19(24)23-11-3-5-14-4-1-2-6-18(14)23/h7-10,12,14,18H,1-6,11H2,(H,21,22)/t14-,18-/m1/s1. The number of amides is 1. The fourth-order valence-corrected chi connectivity index (χ4v) is 4.23. The lowest BCUT2D eigenvalue weighted by Crippen LogP contribution is -2.49. The van der Waals surface area contributed by atoms with Gasteiger partial charge in [0.2, 0.25) is 0 Å². The number of nitrogens with zero attached hydrogens (tertiary/aromatic N) is 2. The lowest BCUT2D eigenvalue weighted by Gasteiger charge is -2.43. The fourth-order valence-electron chi connectivity index (χ4n) is 4.23. The first-order valence-corrected chi connectivity index (χ1v) is 8.85. The van der Waals surface area contributed by atoms with E-state index in [1.807, 2.05) is 0 Å². The number of fused-ring (bicyclic) bond motifs is 1. The minimum Gasteiger partial charge on any atom is -0.334 e. The molecule has 126 valence electrons. The van der Waals surface area contributed by atoms with Gasteiger partial charge in [-0.05, 0) is 61.9 Å². The van der Waals surface area contributed by atoms with Crippen LogP contribution >= 0.6 is 0 Å². The fraction of sp³-hybridized carbons (Fsp3) is 0.474. The van der Waals surface area contributed by atoms with Crippen molar-refractivity contribution in [3.63, 3.8) is 0 Å². The topological polar surface area (TPSA) is 49.0 Å². The number of aromatic nitrogens is 2. The van der Waals surface area contributed by atoms with Crippen LogP contribution in [0.1, 0.15) is 49.0 Å². The average Bonchev–Trinajstić information content (AvgIpc) is 3.11. The van der Waals surface area contributed by atoms with E-state index < -0.39 is 0 Å². The lowest BCUT2D eigenvalue weighted by atomic mass is 9.78. The molecule has 0 spiro atoms. The Bertz CT molecular complexity index is 722. The molecule has 0 unspecified atom stereocenters. The quantitative estimate of drug-likeness (QED) is 0.906. The number of carbonyl (C=O) groups excluding carboxylic acids is 1. The summed E-state index contributed by atoms with van der Waals surface area (Å²) in [6.45, 7) is 0.838. The van der Waals surface area contributed by atoms with Crippen LogP contribution in [0.25, 0.3) is 11.3 Å². The van der Waals surface area contributed by atoms with Crippen molar-refractivity contribution in [2.24, 2.45) is 5.92 Å². The van der Waals surface area contributed by atoms with Gasteiger partial charge in [-0.1, -0.05) is 12.8 Å². The number of nitrogens with one attached hydrogen (secondary N) is 1. The molecule has 4 rings (SSSR count). The molecule has 1 N–H and O–H groups in total. The molecule has 0 radical (unpaired) electrons. The predicted octanol–water partition coefficient (Wildman–Crippen LogP) is 4.01. The smallest absolute Gasteiger partial charge is 0.272 e. The van der Waals surface area contributed by atoms with Crippen LogP contribution in [0.5, 0.6) is 0 Å². The maximum absolute atomic E-state index is 13.0. The van der Waals surface area contributed by atoms with Crippen LogP contribution in [0.15, 0.2) is 30.3 Å². The summed E-state index contributed by atoms with van der Waals surface area (Å²) in [6, 6.07) is 8.33. The van der Waals surface area contributed by atoms with Crippen molar-refractivity contribution in [2.45, 2.75) is 44.6 Å². The van der Waals surface area contributed by atoms with E-state index in [-0.39, 0.29) is 11.7 Å². The number of carbonyl (C=O) groups is 1. The zero-order chi connectivity index (χ0) is 16.5. The van der Waals surface area contributed by atoms with Crippen molar-refractivity contribution in [1.29, 1.82) is 0 Å². The van der Waals surface area contributed by atoms with Crippen LogP contribution in [0.2, 0.25) is 0 Å². The van der Waals surface area contributed by atoms with E-state index >= 15 is 0 Å². The van der Waals surface area contributed by atoms with E-state index in [4.69, 9.17) is 0 Å². The summed E-state index contributed by atoms with van der Waals surface area (Å²) in [5.74, 6) is 0.436. The first kappa shape index (κ1) is 15.4. The minimum atomic E-state index is -0.276. The largest absolute Gasteiger partial charge is 0.334 e. The Morgan fingerprint density at radius 2 is 1.88 bits per heavy atom. The molecule has 2 heterocycles. The number of rotatable bonds is 2. The second-order valence-corrected chi connectivity index (χ2v) is 6.93. The summed E-state index contributed by atoms with van der Waals surface area (Å²) in [4.78, 5) is 15.0. The highest BCUT2D eigenvalue weighted by Crippen LogP contribution is 2.36. The number of benzene rings is 1. The number of likely N-dealkylation sites (tertiary alicyclic amines) is 1. The van der Waals surface area contributed by atoms with E-state index in [1.54, 1.807) is 18.2 Å². The van der Waals surface area contributed by atoms with E-state index in [9.17, 15) is 9.18 Å². The first-order chi connectivity index (χ1) is 11.7. The number of piperidine rings is 1. The average molecular weight is 327 g/mol. The third-order valence-corrected chi connectivity index (χ3v) is 5.45. The Labute approximate surface area is 141 Å². The zero-order valence-corrected chi connectivity index (χ0v) is 13.7. The molecule has 2 aromatic rings. The van der Waals surface area contributed by atoms with E-state index in [0.29, 0.717) is 23.3 Å². The van der Waals surface area contributed by atoms with Crippen LogP contribution < -0.4 is 0 Å². The third-order valence-electron chi connectivity index (χ3n) is 5.45. The van der Waals surface area contributed by atoms with Gasteiger partial charge >= 0.3 is 0 Å². The molecule has 1 amide bonds. The number of hydrogen-bond acceptors (Lipinski definition) is 2. The van der Waals surface area contributed by atoms with Gasteiger partial charge in [-0.3, -0.25) is 9.89 Å². The van der Waals surface area contributed by atoms with Crippen LogP contribution in [-0.2, 0) is 0 Å². The van der Waals surface area contributed by atoms with Gasteiger partial charge < -0.3 is 4.90 Å².